The normalized spacial score (nSPS) is 21.7. The molecule has 0 saturated carbocycles. The maximum atomic E-state index is 11.9. The second-order valence-electron chi connectivity index (χ2n) is 5.72. The van der Waals surface area contributed by atoms with Gasteiger partial charge in [0.2, 0.25) is 5.91 Å². The van der Waals surface area contributed by atoms with E-state index in [0.29, 0.717) is 13.0 Å². The lowest BCUT2D eigenvalue weighted by Gasteiger charge is -2.15. The predicted molar refractivity (Wildman–Crippen MR) is 91.6 cm³/mol. The van der Waals surface area contributed by atoms with Gasteiger partial charge in [-0.1, -0.05) is 36.4 Å². The molecule has 5 nitrogen and oxygen atoms in total. The molecule has 124 valence electrons. The Morgan fingerprint density at radius 1 is 1.26 bits per heavy atom. The summed E-state index contributed by atoms with van der Waals surface area (Å²) in [6, 6.07) is 13.3. The summed E-state index contributed by atoms with van der Waals surface area (Å²) in [5.74, 6) is -0.184. The SMILES string of the molecule is Cl.O=C(NCC(O)c1ccc2ccccc2c1)C1CC(O)CN1. The van der Waals surface area contributed by atoms with E-state index >= 15 is 0 Å². The minimum atomic E-state index is -0.750. The van der Waals surface area contributed by atoms with Crippen molar-refractivity contribution in [3.8, 4) is 0 Å². The van der Waals surface area contributed by atoms with E-state index in [4.69, 9.17) is 0 Å². The van der Waals surface area contributed by atoms with Crippen LogP contribution in [0.25, 0.3) is 10.8 Å². The van der Waals surface area contributed by atoms with Gasteiger partial charge in [-0.2, -0.15) is 0 Å². The summed E-state index contributed by atoms with van der Waals surface area (Å²) >= 11 is 0. The van der Waals surface area contributed by atoms with Gasteiger partial charge >= 0.3 is 0 Å². The van der Waals surface area contributed by atoms with Crippen molar-refractivity contribution >= 4 is 29.1 Å². The van der Waals surface area contributed by atoms with Crippen LogP contribution in [0.2, 0.25) is 0 Å². The summed E-state index contributed by atoms with van der Waals surface area (Å²) in [5, 5.41) is 27.5. The Hall–Kier alpha value is -1.66. The van der Waals surface area contributed by atoms with E-state index in [0.717, 1.165) is 16.3 Å². The molecular weight excluding hydrogens is 316 g/mol. The number of fused-ring (bicyclic) bond motifs is 1. The van der Waals surface area contributed by atoms with Crippen LogP contribution in [0.1, 0.15) is 18.1 Å². The van der Waals surface area contributed by atoms with Gasteiger partial charge in [0.15, 0.2) is 0 Å². The minimum Gasteiger partial charge on any atom is -0.392 e. The first-order valence-electron chi connectivity index (χ1n) is 7.49. The van der Waals surface area contributed by atoms with Crippen molar-refractivity contribution < 1.29 is 15.0 Å². The molecule has 4 N–H and O–H groups in total. The van der Waals surface area contributed by atoms with Crippen LogP contribution >= 0.6 is 12.4 Å². The predicted octanol–water partition coefficient (Wildman–Crippen LogP) is 1.13. The number of carbonyl (C=O) groups excluding carboxylic acids is 1. The summed E-state index contributed by atoms with van der Waals surface area (Å²) < 4.78 is 0. The molecule has 0 aromatic heterocycles. The van der Waals surface area contributed by atoms with Gasteiger partial charge < -0.3 is 20.8 Å². The highest BCUT2D eigenvalue weighted by molar-refractivity contribution is 5.85. The van der Waals surface area contributed by atoms with E-state index in [1.54, 1.807) is 0 Å². The van der Waals surface area contributed by atoms with E-state index < -0.39 is 12.2 Å². The summed E-state index contributed by atoms with van der Waals surface area (Å²) in [5.41, 5.74) is 0.776. The van der Waals surface area contributed by atoms with Crippen molar-refractivity contribution in [2.75, 3.05) is 13.1 Å². The fourth-order valence-corrected chi connectivity index (χ4v) is 2.77. The number of rotatable bonds is 4. The quantitative estimate of drug-likeness (QED) is 0.675. The molecule has 1 heterocycles. The number of nitrogens with one attached hydrogen (secondary N) is 2. The molecule has 3 atom stereocenters. The fourth-order valence-electron chi connectivity index (χ4n) is 2.77. The molecule has 3 rings (SSSR count). The van der Waals surface area contributed by atoms with Gasteiger partial charge in [-0.25, -0.2) is 0 Å². The molecule has 0 bridgehead atoms. The molecule has 0 radical (unpaired) electrons. The number of β-amino-alcohol motifs (C(OH)–C–C–N with tert-alkyl or cyclic N) is 1. The van der Waals surface area contributed by atoms with Gasteiger partial charge in [0.25, 0.3) is 0 Å². The molecule has 23 heavy (non-hydrogen) atoms. The van der Waals surface area contributed by atoms with Gasteiger partial charge in [0, 0.05) is 13.1 Å². The maximum absolute atomic E-state index is 11.9. The lowest BCUT2D eigenvalue weighted by atomic mass is 10.0. The van der Waals surface area contributed by atoms with Gasteiger partial charge in [-0.05, 0) is 28.8 Å². The number of benzene rings is 2. The molecule has 1 fully saturated rings. The van der Waals surface area contributed by atoms with Crippen LogP contribution in [0, 0.1) is 0 Å². The number of hydrogen-bond acceptors (Lipinski definition) is 4. The van der Waals surface area contributed by atoms with E-state index in [9.17, 15) is 15.0 Å². The lowest BCUT2D eigenvalue weighted by molar-refractivity contribution is -0.123. The summed E-state index contributed by atoms with van der Waals surface area (Å²) in [6.45, 7) is 0.594. The average Bonchev–Trinajstić information content (AvgIpc) is 2.98. The Morgan fingerprint density at radius 2 is 2.00 bits per heavy atom. The monoisotopic (exact) mass is 336 g/mol. The fraction of sp³-hybridized carbons (Fsp3) is 0.353. The molecule has 3 unspecified atom stereocenters. The van der Waals surface area contributed by atoms with Crippen LogP contribution < -0.4 is 10.6 Å². The third-order valence-electron chi connectivity index (χ3n) is 4.05. The molecular formula is C17H21ClN2O3. The van der Waals surface area contributed by atoms with Crippen LogP contribution in [0.15, 0.2) is 42.5 Å². The van der Waals surface area contributed by atoms with Gasteiger partial charge in [-0.3, -0.25) is 4.79 Å². The average molecular weight is 337 g/mol. The third kappa shape index (κ3) is 4.20. The Balaban J connectivity index is 0.00000192. The summed E-state index contributed by atoms with van der Waals surface area (Å²) in [4.78, 5) is 11.9. The highest BCUT2D eigenvalue weighted by Gasteiger charge is 2.28. The van der Waals surface area contributed by atoms with Crippen molar-refractivity contribution in [2.24, 2.45) is 0 Å². The summed E-state index contributed by atoms with van der Waals surface area (Å²) in [6.07, 6.45) is -0.807. The van der Waals surface area contributed by atoms with Gasteiger partial charge in [-0.15, -0.1) is 12.4 Å². The molecule has 1 amide bonds. The van der Waals surface area contributed by atoms with Crippen LogP contribution in [0.4, 0.5) is 0 Å². The van der Waals surface area contributed by atoms with Crippen LogP contribution in [0.3, 0.4) is 0 Å². The van der Waals surface area contributed by atoms with Crippen LogP contribution in [-0.4, -0.2) is 41.4 Å². The first-order chi connectivity index (χ1) is 10.6. The van der Waals surface area contributed by atoms with Gasteiger partial charge in [0.1, 0.15) is 0 Å². The van der Waals surface area contributed by atoms with Crippen molar-refractivity contribution in [3.63, 3.8) is 0 Å². The Labute approximate surface area is 141 Å². The number of carbonyl (C=O) groups is 1. The highest BCUT2D eigenvalue weighted by Crippen LogP contribution is 2.20. The maximum Gasteiger partial charge on any atom is 0.237 e. The molecule has 2 aromatic carbocycles. The lowest BCUT2D eigenvalue weighted by Crippen LogP contribution is -2.41. The molecule has 1 aliphatic rings. The number of hydrogen-bond donors (Lipinski definition) is 4. The molecule has 1 aliphatic heterocycles. The first kappa shape index (κ1) is 17.7. The zero-order valence-corrected chi connectivity index (χ0v) is 13.4. The first-order valence-corrected chi connectivity index (χ1v) is 7.49. The Bertz CT molecular complexity index is 680. The van der Waals surface area contributed by atoms with Crippen LogP contribution in [0.5, 0.6) is 0 Å². The topological polar surface area (TPSA) is 81.6 Å². The Kier molecular flexibility index (Phi) is 5.96. The van der Waals surface area contributed by atoms with Crippen molar-refractivity contribution in [2.45, 2.75) is 24.7 Å². The second-order valence-corrected chi connectivity index (χ2v) is 5.72. The van der Waals surface area contributed by atoms with Gasteiger partial charge in [0.05, 0.1) is 18.2 Å². The van der Waals surface area contributed by atoms with E-state index in [2.05, 4.69) is 10.6 Å². The minimum absolute atomic E-state index is 0. The highest BCUT2D eigenvalue weighted by atomic mass is 35.5. The number of aliphatic hydroxyl groups is 2. The second kappa shape index (κ2) is 7.75. The zero-order chi connectivity index (χ0) is 15.5. The summed E-state index contributed by atoms with van der Waals surface area (Å²) in [7, 11) is 0. The van der Waals surface area contributed by atoms with E-state index in [-0.39, 0.29) is 30.9 Å². The third-order valence-corrected chi connectivity index (χ3v) is 4.05. The molecule has 0 aliphatic carbocycles. The smallest absolute Gasteiger partial charge is 0.237 e. The van der Waals surface area contributed by atoms with Crippen molar-refractivity contribution in [3.05, 3.63) is 48.0 Å². The molecule has 2 aromatic rings. The zero-order valence-electron chi connectivity index (χ0n) is 12.6. The molecule has 1 saturated heterocycles. The van der Waals surface area contributed by atoms with Crippen molar-refractivity contribution in [1.82, 2.24) is 10.6 Å². The van der Waals surface area contributed by atoms with Crippen LogP contribution in [-0.2, 0) is 4.79 Å². The standard InChI is InChI=1S/C17H20N2O3.ClH/c20-14-8-15(18-9-14)17(22)19-10-16(21)13-6-5-11-3-1-2-4-12(11)7-13;/h1-7,14-16,18,20-21H,8-10H2,(H,19,22);1H. The molecule has 0 spiro atoms. The largest absolute Gasteiger partial charge is 0.392 e. The number of halogens is 1. The van der Waals surface area contributed by atoms with E-state index in [1.165, 1.54) is 0 Å². The number of aliphatic hydroxyl groups excluding tert-OH is 2. The van der Waals surface area contributed by atoms with Crippen molar-refractivity contribution in [1.29, 1.82) is 0 Å². The number of amides is 1. The molecule has 6 heteroatoms. The van der Waals surface area contributed by atoms with E-state index in [1.807, 2.05) is 42.5 Å². The Morgan fingerprint density at radius 3 is 2.70 bits per heavy atom.